The number of nitrogens with one attached hydrogen (secondary N) is 1. The highest BCUT2D eigenvalue weighted by Gasteiger charge is 2.34. The molecule has 0 unspecified atom stereocenters. The normalized spacial score (nSPS) is 11.8. The maximum Gasteiger partial charge on any atom is 0.417 e. The van der Waals surface area contributed by atoms with Gasteiger partial charge in [-0.1, -0.05) is 23.4 Å². The van der Waals surface area contributed by atoms with Crippen molar-refractivity contribution < 1.29 is 22.5 Å². The van der Waals surface area contributed by atoms with E-state index in [1.807, 2.05) is 6.92 Å². The van der Waals surface area contributed by atoms with Crippen LogP contribution in [-0.2, 0) is 6.18 Å². The standard InChI is InChI=1S/C19H13F3N4O2S/c1-9-8-23-18(29-9)25-16(27)12-7-14(24-17-15(12)10(2)26-28-17)11-5-3-4-6-13(11)19(20,21)22/h3-8H,1-2H3,(H,23,25,27). The second-order valence-corrected chi connectivity index (χ2v) is 7.51. The van der Waals surface area contributed by atoms with Gasteiger partial charge in [-0.2, -0.15) is 13.2 Å². The molecule has 1 amide bonds. The molecule has 0 saturated carbocycles. The van der Waals surface area contributed by atoms with Crippen LogP contribution in [0.25, 0.3) is 22.4 Å². The van der Waals surface area contributed by atoms with Crippen molar-refractivity contribution in [3.05, 3.63) is 58.2 Å². The number of halogens is 3. The van der Waals surface area contributed by atoms with Crippen LogP contribution >= 0.6 is 11.3 Å². The minimum Gasteiger partial charge on any atom is -0.335 e. The number of aryl methyl sites for hydroxylation is 2. The summed E-state index contributed by atoms with van der Waals surface area (Å²) in [6, 6.07) is 6.34. The summed E-state index contributed by atoms with van der Waals surface area (Å²) >= 11 is 1.28. The average Bonchev–Trinajstić information content (AvgIpc) is 3.26. The molecule has 0 saturated heterocycles. The monoisotopic (exact) mass is 418 g/mol. The number of hydrogen-bond acceptors (Lipinski definition) is 6. The lowest BCUT2D eigenvalue weighted by atomic mass is 10.0. The van der Waals surface area contributed by atoms with Gasteiger partial charge in [0.05, 0.1) is 27.9 Å². The van der Waals surface area contributed by atoms with Gasteiger partial charge in [0.25, 0.3) is 11.6 Å². The van der Waals surface area contributed by atoms with Crippen molar-refractivity contribution in [2.75, 3.05) is 5.32 Å². The average molecular weight is 418 g/mol. The number of amides is 1. The predicted octanol–water partition coefficient (Wildman–Crippen LogP) is 5.23. The quantitative estimate of drug-likeness (QED) is 0.492. The lowest BCUT2D eigenvalue weighted by molar-refractivity contribution is -0.137. The number of thiazole rings is 1. The Morgan fingerprint density at radius 1 is 1.21 bits per heavy atom. The number of fused-ring (bicyclic) bond motifs is 1. The molecule has 4 aromatic rings. The molecule has 3 aromatic heterocycles. The van der Waals surface area contributed by atoms with Gasteiger partial charge in [-0.3, -0.25) is 10.1 Å². The minimum absolute atomic E-state index is 0.0163. The van der Waals surface area contributed by atoms with Crippen molar-refractivity contribution in [3.8, 4) is 11.3 Å². The number of aromatic nitrogens is 3. The maximum atomic E-state index is 13.5. The summed E-state index contributed by atoms with van der Waals surface area (Å²) in [6.07, 6.45) is -2.97. The van der Waals surface area contributed by atoms with Gasteiger partial charge in [0.2, 0.25) is 0 Å². The molecule has 0 aliphatic rings. The van der Waals surface area contributed by atoms with Gasteiger partial charge in [-0.15, -0.1) is 11.3 Å². The van der Waals surface area contributed by atoms with Crippen LogP contribution in [0.1, 0.15) is 26.5 Å². The highest BCUT2D eigenvalue weighted by Crippen LogP contribution is 2.37. The first kappa shape index (κ1) is 19.1. The van der Waals surface area contributed by atoms with Crippen LogP contribution in [-0.4, -0.2) is 21.0 Å². The molecule has 10 heteroatoms. The van der Waals surface area contributed by atoms with E-state index in [0.717, 1.165) is 10.9 Å². The van der Waals surface area contributed by atoms with E-state index >= 15 is 0 Å². The van der Waals surface area contributed by atoms with E-state index in [1.165, 1.54) is 35.6 Å². The van der Waals surface area contributed by atoms with E-state index in [9.17, 15) is 18.0 Å². The van der Waals surface area contributed by atoms with Crippen molar-refractivity contribution in [2.45, 2.75) is 20.0 Å². The molecular formula is C19H13F3N4O2S. The van der Waals surface area contributed by atoms with E-state index in [1.54, 1.807) is 13.1 Å². The molecule has 148 valence electrons. The molecule has 0 fully saturated rings. The fourth-order valence-corrected chi connectivity index (χ4v) is 3.60. The Bertz CT molecular complexity index is 1230. The van der Waals surface area contributed by atoms with Gasteiger partial charge >= 0.3 is 6.18 Å². The smallest absolute Gasteiger partial charge is 0.335 e. The Hall–Kier alpha value is -3.27. The first-order valence-corrected chi connectivity index (χ1v) is 9.23. The molecule has 4 rings (SSSR count). The topological polar surface area (TPSA) is 80.9 Å². The molecular weight excluding hydrogens is 405 g/mol. The maximum absolute atomic E-state index is 13.5. The van der Waals surface area contributed by atoms with Gasteiger partial charge in [-0.25, -0.2) is 9.97 Å². The largest absolute Gasteiger partial charge is 0.417 e. The van der Waals surface area contributed by atoms with Crippen LogP contribution in [0, 0.1) is 13.8 Å². The first-order chi connectivity index (χ1) is 13.7. The predicted molar refractivity (Wildman–Crippen MR) is 102 cm³/mol. The zero-order chi connectivity index (χ0) is 20.8. The van der Waals surface area contributed by atoms with Crippen molar-refractivity contribution in [2.24, 2.45) is 0 Å². The molecule has 1 N–H and O–H groups in total. The fourth-order valence-electron chi connectivity index (χ4n) is 2.94. The second kappa shape index (κ2) is 6.96. The molecule has 1 aromatic carbocycles. The van der Waals surface area contributed by atoms with Gasteiger partial charge < -0.3 is 4.52 Å². The van der Waals surface area contributed by atoms with Crippen molar-refractivity contribution in [3.63, 3.8) is 0 Å². The minimum atomic E-state index is -4.58. The zero-order valence-corrected chi connectivity index (χ0v) is 16.0. The lowest BCUT2D eigenvalue weighted by Gasteiger charge is -2.13. The van der Waals surface area contributed by atoms with Crippen LogP contribution in [0.3, 0.4) is 0 Å². The van der Waals surface area contributed by atoms with Gasteiger partial charge in [0.1, 0.15) is 0 Å². The van der Waals surface area contributed by atoms with Crippen molar-refractivity contribution in [1.82, 2.24) is 15.1 Å². The summed E-state index contributed by atoms with van der Waals surface area (Å²) in [4.78, 5) is 22.0. The fraction of sp³-hybridized carbons (Fsp3) is 0.158. The third kappa shape index (κ3) is 3.58. The number of nitrogens with zero attached hydrogens (tertiary/aromatic N) is 3. The molecule has 0 spiro atoms. The highest BCUT2D eigenvalue weighted by molar-refractivity contribution is 7.15. The summed E-state index contributed by atoms with van der Waals surface area (Å²) in [7, 11) is 0. The number of carbonyl (C=O) groups is 1. The van der Waals surface area contributed by atoms with E-state index < -0.39 is 17.6 Å². The number of benzene rings is 1. The molecule has 3 heterocycles. The number of carbonyl (C=O) groups excluding carboxylic acids is 1. The van der Waals surface area contributed by atoms with E-state index in [2.05, 4.69) is 20.4 Å². The van der Waals surface area contributed by atoms with Crippen molar-refractivity contribution in [1.29, 1.82) is 0 Å². The van der Waals surface area contributed by atoms with Crippen LogP contribution in [0.2, 0.25) is 0 Å². The van der Waals surface area contributed by atoms with E-state index in [4.69, 9.17) is 4.52 Å². The third-order valence-electron chi connectivity index (χ3n) is 4.21. The highest BCUT2D eigenvalue weighted by atomic mass is 32.1. The van der Waals surface area contributed by atoms with E-state index in [0.29, 0.717) is 16.2 Å². The van der Waals surface area contributed by atoms with Crippen molar-refractivity contribution >= 4 is 33.5 Å². The third-order valence-corrected chi connectivity index (χ3v) is 5.04. The summed E-state index contributed by atoms with van der Waals surface area (Å²) in [5.41, 5.74) is -0.559. The molecule has 6 nitrogen and oxygen atoms in total. The summed E-state index contributed by atoms with van der Waals surface area (Å²) in [6.45, 7) is 3.47. The first-order valence-electron chi connectivity index (χ1n) is 8.41. The molecule has 0 bridgehead atoms. The van der Waals surface area contributed by atoms with E-state index in [-0.39, 0.29) is 22.5 Å². The molecule has 29 heavy (non-hydrogen) atoms. The zero-order valence-electron chi connectivity index (χ0n) is 15.2. The Balaban J connectivity index is 1.88. The Morgan fingerprint density at radius 3 is 2.66 bits per heavy atom. The summed E-state index contributed by atoms with van der Waals surface area (Å²) in [5.74, 6) is -0.538. The molecule has 0 aliphatic heterocycles. The van der Waals surface area contributed by atoms with Crippen LogP contribution < -0.4 is 5.32 Å². The van der Waals surface area contributed by atoms with Crippen LogP contribution in [0.4, 0.5) is 18.3 Å². The second-order valence-electron chi connectivity index (χ2n) is 6.28. The number of alkyl halides is 3. The van der Waals surface area contributed by atoms with Gasteiger partial charge in [0.15, 0.2) is 5.13 Å². The molecule has 0 atom stereocenters. The lowest BCUT2D eigenvalue weighted by Crippen LogP contribution is -2.13. The Morgan fingerprint density at radius 2 is 1.97 bits per heavy atom. The van der Waals surface area contributed by atoms with Gasteiger partial charge in [0, 0.05) is 16.6 Å². The number of hydrogen-bond donors (Lipinski definition) is 1. The number of pyridine rings is 1. The molecule has 0 radical (unpaired) electrons. The summed E-state index contributed by atoms with van der Waals surface area (Å²) in [5, 5.41) is 7.18. The summed E-state index contributed by atoms with van der Waals surface area (Å²) < 4.78 is 45.5. The SMILES string of the molecule is Cc1cnc(NC(=O)c2cc(-c3ccccc3C(F)(F)F)nc3onc(C)c23)s1. The van der Waals surface area contributed by atoms with Crippen LogP contribution in [0.5, 0.6) is 0 Å². The number of anilines is 1. The molecule has 0 aliphatic carbocycles. The number of rotatable bonds is 3. The van der Waals surface area contributed by atoms with Gasteiger partial charge in [-0.05, 0) is 26.0 Å². The Labute approximate surface area is 166 Å². The van der Waals surface area contributed by atoms with Crippen LogP contribution in [0.15, 0.2) is 41.1 Å². The Kier molecular flexibility index (Phi) is 4.58.